The fraction of sp³-hybridized carbons (Fsp3) is 0.294. The molecule has 21 heavy (non-hydrogen) atoms. The van der Waals surface area contributed by atoms with Crippen molar-refractivity contribution < 1.29 is 14.6 Å². The highest BCUT2D eigenvalue weighted by Crippen LogP contribution is 2.43. The summed E-state index contributed by atoms with van der Waals surface area (Å²) in [5, 5.41) is 11.0. The molecule has 0 aliphatic carbocycles. The number of hydrogen-bond acceptors (Lipinski definition) is 3. The average Bonchev–Trinajstić information content (AvgIpc) is 2.49. The van der Waals surface area contributed by atoms with Gasteiger partial charge in [-0.25, -0.2) is 0 Å². The van der Waals surface area contributed by atoms with Crippen LogP contribution in [0.1, 0.15) is 36.7 Å². The zero-order valence-electron chi connectivity index (χ0n) is 11.8. The van der Waals surface area contributed by atoms with E-state index in [1.807, 2.05) is 31.2 Å². The van der Waals surface area contributed by atoms with Gasteiger partial charge in [0, 0.05) is 22.6 Å². The zero-order valence-corrected chi connectivity index (χ0v) is 12.5. The summed E-state index contributed by atoms with van der Waals surface area (Å²) in [6.07, 6.45) is -0.333. The van der Waals surface area contributed by atoms with Gasteiger partial charge in [0.1, 0.15) is 17.6 Å². The summed E-state index contributed by atoms with van der Waals surface area (Å²) in [5.41, 5.74) is 1.70. The summed E-state index contributed by atoms with van der Waals surface area (Å²) >= 11 is 5.98. The SMILES string of the molecule is CCOc1ccccc1C1CC(O)c2cc(Cl)ccc2O1. The van der Waals surface area contributed by atoms with Crippen LogP contribution in [0.4, 0.5) is 0 Å². The van der Waals surface area contributed by atoms with Crippen LogP contribution >= 0.6 is 11.6 Å². The van der Waals surface area contributed by atoms with Crippen molar-refractivity contribution >= 4 is 11.6 Å². The van der Waals surface area contributed by atoms with Gasteiger partial charge in [-0.3, -0.25) is 0 Å². The molecule has 4 heteroatoms. The molecule has 0 saturated carbocycles. The van der Waals surface area contributed by atoms with Crippen LogP contribution in [0.15, 0.2) is 42.5 Å². The number of aliphatic hydroxyl groups is 1. The third-order valence-corrected chi connectivity index (χ3v) is 3.84. The van der Waals surface area contributed by atoms with Gasteiger partial charge in [0.15, 0.2) is 0 Å². The van der Waals surface area contributed by atoms with Crippen LogP contribution < -0.4 is 9.47 Å². The number of aliphatic hydroxyl groups excluding tert-OH is 1. The predicted molar refractivity (Wildman–Crippen MR) is 82.0 cm³/mol. The molecule has 3 rings (SSSR count). The number of hydrogen-bond donors (Lipinski definition) is 1. The molecule has 3 nitrogen and oxygen atoms in total. The predicted octanol–water partition coefficient (Wildman–Crippen LogP) is 4.30. The van der Waals surface area contributed by atoms with E-state index in [1.54, 1.807) is 18.2 Å². The van der Waals surface area contributed by atoms with Crippen LogP contribution in [-0.4, -0.2) is 11.7 Å². The van der Waals surface area contributed by atoms with Crippen molar-refractivity contribution in [2.45, 2.75) is 25.6 Å². The van der Waals surface area contributed by atoms with E-state index >= 15 is 0 Å². The van der Waals surface area contributed by atoms with Crippen molar-refractivity contribution in [3.05, 3.63) is 58.6 Å². The first-order valence-electron chi connectivity index (χ1n) is 7.05. The van der Waals surface area contributed by atoms with Crippen molar-refractivity contribution in [2.24, 2.45) is 0 Å². The Balaban J connectivity index is 1.94. The molecule has 0 spiro atoms. The smallest absolute Gasteiger partial charge is 0.130 e. The van der Waals surface area contributed by atoms with Crippen molar-refractivity contribution in [2.75, 3.05) is 6.61 Å². The van der Waals surface area contributed by atoms with E-state index < -0.39 is 6.10 Å². The number of fused-ring (bicyclic) bond motifs is 1. The molecular weight excluding hydrogens is 288 g/mol. The normalized spacial score (nSPS) is 20.5. The van der Waals surface area contributed by atoms with Crippen molar-refractivity contribution in [1.82, 2.24) is 0 Å². The lowest BCUT2D eigenvalue weighted by atomic mass is 9.94. The third kappa shape index (κ3) is 2.85. The second-order valence-corrected chi connectivity index (χ2v) is 5.45. The van der Waals surface area contributed by atoms with E-state index in [2.05, 4.69) is 0 Å². The Morgan fingerprint density at radius 3 is 2.86 bits per heavy atom. The van der Waals surface area contributed by atoms with Crippen molar-refractivity contribution in [1.29, 1.82) is 0 Å². The van der Waals surface area contributed by atoms with Gasteiger partial charge in [-0.15, -0.1) is 0 Å². The van der Waals surface area contributed by atoms with Gasteiger partial charge in [0.2, 0.25) is 0 Å². The molecule has 0 fully saturated rings. The molecule has 2 atom stereocenters. The number of rotatable bonds is 3. The molecule has 1 heterocycles. The summed E-state index contributed by atoms with van der Waals surface area (Å²) in [6.45, 7) is 2.54. The second kappa shape index (κ2) is 5.96. The van der Waals surface area contributed by atoms with Gasteiger partial charge in [-0.1, -0.05) is 29.8 Å². The molecule has 2 aromatic carbocycles. The Bertz CT molecular complexity index is 642. The maximum atomic E-state index is 10.4. The number of benzene rings is 2. The van der Waals surface area contributed by atoms with E-state index in [1.165, 1.54) is 0 Å². The molecule has 1 aliphatic rings. The minimum Gasteiger partial charge on any atom is -0.493 e. The highest BCUT2D eigenvalue weighted by Gasteiger charge is 2.29. The van der Waals surface area contributed by atoms with Gasteiger partial charge in [-0.2, -0.15) is 0 Å². The molecule has 0 bridgehead atoms. The van der Waals surface area contributed by atoms with Gasteiger partial charge in [-0.05, 0) is 31.2 Å². The molecular formula is C17H17ClO3. The first kappa shape index (κ1) is 14.2. The number of ether oxygens (including phenoxy) is 2. The van der Waals surface area contributed by atoms with Gasteiger partial charge < -0.3 is 14.6 Å². The topological polar surface area (TPSA) is 38.7 Å². The Kier molecular flexibility index (Phi) is 4.04. The van der Waals surface area contributed by atoms with Crippen LogP contribution in [0, 0.1) is 0 Å². The highest BCUT2D eigenvalue weighted by molar-refractivity contribution is 6.30. The monoisotopic (exact) mass is 304 g/mol. The number of para-hydroxylation sites is 1. The van der Waals surface area contributed by atoms with Crippen molar-refractivity contribution in [3.63, 3.8) is 0 Å². The van der Waals surface area contributed by atoms with E-state index in [9.17, 15) is 5.11 Å². The fourth-order valence-electron chi connectivity index (χ4n) is 2.64. The van der Waals surface area contributed by atoms with Crippen LogP contribution in [0.5, 0.6) is 11.5 Å². The molecule has 110 valence electrons. The average molecular weight is 305 g/mol. The quantitative estimate of drug-likeness (QED) is 0.919. The Hall–Kier alpha value is -1.71. The van der Waals surface area contributed by atoms with E-state index in [-0.39, 0.29) is 6.10 Å². The second-order valence-electron chi connectivity index (χ2n) is 5.01. The molecule has 2 aromatic rings. The van der Waals surface area contributed by atoms with Gasteiger partial charge in [0.25, 0.3) is 0 Å². The van der Waals surface area contributed by atoms with Gasteiger partial charge in [0.05, 0.1) is 12.7 Å². The zero-order chi connectivity index (χ0) is 14.8. The minimum atomic E-state index is -0.591. The lowest BCUT2D eigenvalue weighted by Crippen LogP contribution is -2.19. The molecule has 2 unspecified atom stereocenters. The Morgan fingerprint density at radius 1 is 1.24 bits per heavy atom. The highest BCUT2D eigenvalue weighted by atomic mass is 35.5. The van der Waals surface area contributed by atoms with Crippen molar-refractivity contribution in [3.8, 4) is 11.5 Å². The van der Waals surface area contributed by atoms with Crippen LogP contribution in [0.25, 0.3) is 0 Å². The standard InChI is InChI=1S/C17H17ClO3/c1-2-20-15-6-4-3-5-12(15)17-10-14(19)13-9-11(18)7-8-16(13)21-17/h3-9,14,17,19H,2,10H2,1H3. The summed E-state index contributed by atoms with van der Waals surface area (Å²) in [4.78, 5) is 0. The maximum Gasteiger partial charge on any atom is 0.130 e. The summed E-state index contributed by atoms with van der Waals surface area (Å²) in [5.74, 6) is 1.48. The van der Waals surface area contributed by atoms with Crippen LogP contribution in [0.3, 0.4) is 0 Å². The molecule has 0 radical (unpaired) electrons. The molecule has 0 aromatic heterocycles. The van der Waals surface area contributed by atoms with Crippen LogP contribution in [-0.2, 0) is 0 Å². The summed E-state index contributed by atoms with van der Waals surface area (Å²) in [7, 11) is 0. The van der Waals surface area contributed by atoms with E-state index in [0.717, 1.165) is 16.9 Å². The van der Waals surface area contributed by atoms with E-state index in [0.29, 0.717) is 23.8 Å². The van der Waals surface area contributed by atoms with E-state index in [4.69, 9.17) is 21.1 Å². The number of halogens is 1. The molecule has 0 amide bonds. The molecule has 1 aliphatic heterocycles. The Labute approximate surface area is 129 Å². The third-order valence-electron chi connectivity index (χ3n) is 3.60. The summed E-state index contributed by atoms with van der Waals surface area (Å²) in [6, 6.07) is 13.1. The molecule has 0 saturated heterocycles. The molecule has 1 N–H and O–H groups in total. The maximum absolute atomic E-state index is 10.4. The first-order chi connectivity index (χ1) is 10.2. The lowest BCUT2D eigenvalue weighted by Gasteiger charge is -2.30. The minimum absolute atomic E-state index is 0.226. The van der Waals surface area contributed by atoms with Gasteiger partial charge >= 0.3 is 0 Å². The Morgan fingerprint density at radius 2 is 2.05 bits per heavy atom. The lowest BCUT2D eigenvalue weighted by molar-refractivity contribution is 0.0642. The van der Waals surface area contributed by atoms with Crippen LogP contribution in [0.2, 0.25) is 5.02 Å². The largest absolute Gasteiger partial charge is 0.493 e. The first-order valence-corrected chi connectivity index (χ1v) is 7.42. The summed E-state index contributed by atoms with van der Waals surface area (Å²) < 4.78 is 11.7. The fourth-order valence-corrected chi connectivity index (χ4v) is 2.82.